The minimum Gasteiger partial charge on any atom is -0.491 e. The zero-order chi connectivity index (χ0) is 12.0. The number of hydrogen-bond donors (Lipinski definition) is 1. The quantitative estimate of drug-likeness (QED) is 0.779. The van der Waals surface area contributed by atoms with Crippen LogP contribution < -0.4 is 10.1 Å². The molecule has 1 heterocycles. The van der Waals surface area contributed by atoms with Crippen molar-refractivity contribution in [3.8, 4) is 5.75 Å². The Morgan fingerprint density at radius 3 is 2.75 bits per heavy atom. The molecule has 0 fully saturated rings. The highest BCUT2D eigenvalue weighted by molar-refractivity contribution is 6.30. The van der Waals surface area contributed by atoms with Crippen LogP contribution in [-0.2, 0) is 0 Å². The van der Waals surface area contributed by atoms with E-state index in [2.05, 4.69) is 31.1 Å². The lowest BCUT2D eigenvalue weighted by atomic mass is 10.1. The third-order valence-corrected chi connectivity index (χ3v) is 2.72. The molecule has 16 heavy (non-hydrogen) atoms. The Kier molecular flexibility index (Phi) is 5.56. The van der Waals surface area contributed by atoms with Crippen LogP contribution in [0, 0.1) is 5.92 Å². The average Bonchev–Trinajstić information content (AvgIpc) is 2.24. The van der Waals surface area contributed by atoms with Crippen LogP contribution in [0.25, 0.3) is 0 Å². The second kappa shape index (κ2) is 6.71. The number of nitrogens with zero attached hydrogens (tertiary/aromatic N) is 1. The van der Waals surface area contributed by atoms with Gasteiger partial charge in [0, 0.05) is 24.8 Å². The van der Waals surface area contributed by atoms with Crippen molar-refractivity contribution in [1.29, 1.82) is 0 Å². The van der Waals surface area contributed by atoms with E-state index in [0.29, 0.717) is 29.3 Å². The number of rotatable bonds is 6. The Hall–Kier alpha value is -0.800. The van der Waals surface area contributed by atoms with Gasteiger partial charge in [0.1, 0.15) is 12.4 Å². The van der Waals surface area contributed by atoms with Crippen molar-refractivity contribution < 1.29 is 4.74 Å². The Morgan fingerprint density at radius 1 is 1.38 bits per heavy atom. The van der Waals surface area contributed by atoms with Gasteiger partial charge in [-0.3, -0.25) is 4.98 Å². The van der Waals surface area contributed by atoms with Crippen molar-refractivity contribution in [3.05, 3.63) is 23.5 Å². The Balaban J connectivity index is 2.21. The van der Waals surface area contributed by atoms with Crippen LogP contribution in [0.3, 0.4) is 0 Å². The summed E-state index contributed by atoms with van der Waals surface area (Å²) in [5.41, 5.74) is 0. The highest BCUT2D eigenvalue weighted by Gasteiger charge is 2.05. The van der Waals surface area contributed by atoms with Gasteiger partial charge in [-0.15, -0.1) is 0 Å². The number of nitrogens with one attached hydrogen (secondary N) is 1. The molecule has 1 N–H and O–H groups in total. The molecule has 90 valence electrons. The van der Waals surface area contributed by atoms with E-state index in [-0.39, 0.29) is 0 Å². The molecule has 0 radical (unpaired) electrons. The molecule has 0 aliphatic rings. The van der Waals surface area contributed by atoms with Gasteiger partial charge >= 0.3 is 0 Å². The molecule has 0 saturated carbocycles. The molecule has 1 aromatic rings. The predicted molar refractivity (Wildman–Crippen MR) is 67.0 cm³/mol. The number of aromatic nitrogens is 1. The summed E-state index contributed by atoms with van der Waals surface area (Å²) in [5, 5.41) is 3.99. The van der Waals surface area contributed by atoms with Crippen LogP contribution >= 0.6 is 11.6 Å². The highest BCUT2D eigenvalue weighted by atomic mass is 35.5. The van der Waals surface area contributed by atoms with Gasteiger partial charge in [-0.05, 0) is 12.8 Å². The van der Waals surface area contributed by atoms with E-state index in [1.165, 1.54) is 0 Å². The molecule has 0 spiro atoms. The van der Waals surface area contributed by atoms with Crippen molar-refractivity contribution in [2.24, 2.45) is 5.92 Å². The minimum absolute atomic E-state index is 0.501. The number of hydrogen-bond acceptors (Lipinski definition) is 3. The monoisotopic (exact) mass is 242 g/mol. The maximum atomic E-state index is 5.79. The number of ether oxygens (including phenoxy) is 1. The first-order valence-corrected chi connectivity index (χ1v) is 5.94. The average molecular weight is 243 g/mol. The van der Waals surface area contributed by atoms with Gasteiger partial charge in [0.05, 0.1) is 11.2 Å². The molecule has 0 saturated heterocycles. The third kappa shape index (κ3) is 4.81. The lowest BCUT2D eigenvalue weighted by Crippen LogP contribution is -2.33. The number of pyridine rings is 1. The predicted octanol–water partition coefficient (Wildman–Crippen LogP) is 2.75. The zero-order valence-electron chi connectivity index (χ0n) is 10.0. The first-order valence-electron chi connectivity index (χ1n) is 5.56. The molecule has 0 aromatic carbocycles. The van der Waals surface area contributed by atoms with Crippen LogP contribution in [0.4, 0.5) is 0 Å². The summed E-state index contributed by atoms with van der Waals surface area (Å²) in [7, 11) is 0. The second-order valence-corrected chi connectivity index (χ2v) is 4.61. The van der Waals surface area contributed by atoms with Crippen molar-refractivity contribution in [3.63, 3.8) is 0 Å². The summed E-state index contributed by atoms with van der Waals surface area (Å²) in [6.07, 6.45) is 3.26. The van der Waals surface area contributed by atoms with Crippen LogP contribution in [0.1, 0.15) is 20.8 Å². The molecule has 1 unspecified atom stereocenters. The normalized spacial score (nSPS) is 12.8. The summed E-state index contributed by atoms with van der Waals surface area (Å²) >= 11 is 5.79. The van der Waals surface area contributed by atoms with Crippen molar-refractivity contribution in [2.75, 3.05) is 13.2 Å². The Labute approximate surface area is 102 Å². The second-order valence-electron chi connectivity index (χ2n) is 4.17. The largest absolute Gasteiger partial charge is 0.491 e. The summed E-state index contributed by atoms with van der Waals surface area (Å²) in [5.74, 6) is 1.35. The van der Waals surface area contributed by atoms with Gasteiger partial charge in [-0.25, -0.2) is 0 Å². The lowest BCUT2D eigenvalue weighted by molar-refractivity contribution is 0.296. The Morgan fingerprint density at radius 2 is 2.12 bits per heavy atom. The van der Waals surface area contributed by atoms with Gasteiger partial charge in [-0.1, -0.05) is 25.4 Å². The molecular weight excluding hydrogens is 224 g/mol. The van der Waals surface area contributed by atoms with Gasteiger partial charge in [-0.2, -0.15) is 0 Å². The van der Waals surface area contributed by atoms with E-state index in [1.54, 1.807) is 18.5 Å². The van der Waals surface area contributed by atoms with Crippen LogP contribution in [0.2, 0.25) is 5.02 Å². The number of halogens is 1. The minimum atomic E-state index is 0.501. The van der Waals surface area contributed by atoms with Gasteiger partial charge in [0.2, 0.25) is 0 Å². The molecule has 1 aromatic heterocycles. The maximum absolute atomic E-state index is 5.79. The SMILES string of the molecule is CC(C)C(C)NCCOc1cncc(Cl)c1. The molecule has 1 rings (SSSR count). The molecule has 0 amide bonds. The highest BCUT2D eigenvalue weighted by Crippen LogP contribution is 2.14. The van der Waals surface area contributed by atoms with E-state index < -0.39 is 0 Å². The van der Waals surface area contributed by atoms with Crippen LogP contribution in [-0.4, -0.2) is 24.2 Å². The fourth-order valence-corrected chi connectivity index (χ4v) is 1.33. The molecular formula is C12H19ClN2O. The zero-order valence-corrected chi connectivity index (χ0v) is 10.8. The summed E-state index contributed by atoms with van der Waals surface area (Å²) < 4.78 is 5.51. The molecule has 0 aliphatic carbocycles. The summed E-state index contributed by atoms with van der Waals surface area (Å²) in [4.78, 5) is 3.95. The molecule has 0 bridgehead atoms. The smallest absolute Gasteiger partial charge is 0.139 e. The molecule has 1 atom stereocenters. The lowest BCUT2D eigenvalue weighted by Gasteiger charge is -2.17. The van der Waals surface area contributed by atoms with Crippen molar-refractivity contribution >= 4 is 11.6 Å². The van der Waals surface area contributed by atoms with E-state index in [4.69, 9.17) is 16.3 Å². The molecule has 0 aliphatic heterocycles. The van der Waals surface area contributed by atoms with Crippen molar-refractivity contribution in [1.82, 2.24) is 10.3 Å². The topological polar surface area (TPSA) is 34.1 Å². The first kappa shape index (κ1) is 13.3. The van der Waals surface area contributed by atoms with Crippen LogP contribution in [0.15, 0.2) is 18.5 Å². The third-order valence-electron chi connectivity index (χ3n) is 2.52. The van der Waals surface area contributed by atoms with Crippen LogP contribution in [0.5, 0.6) is 5.75 Å². The summed E-state index contributed by atoms with van der Waals surface area (Å²) in [6, 6.07) is 2.27. The first-order chi connectivity index (χ1) is 7.59. The van der Waals surface area contributed by atoms with Gasteiger partial charge in [0.15, 0.2) is 0 Å². The van der Waals surface area contributed by atoms with Crippen molar-refractivity contribution in [2.45, 2.75) is 26.8 Å². The fourth-order valence-electron chi connectivity index (χ4n) is 1.16. The van der Waals surface area contributed by atoms with E-state index in [1.807, 2.05) is 0 Å². The van der Waals surface area contributed by atoms with E-state index in [0.717, 1.165) is 6.54 Å². The van der Waals surface area contributed by atoms with E-state index in [9.17, 15) is 0 Å². The maximum Gasteiger partial charge on any atom is 0.139 e. The standard InChI is InChI=1S/C12H19ClN2O/c1-9(2)10(3)15-4-5-16-12-6-11(13)7-14-8-12/h6-10,15H,4-5H2,1-3H3. The summed E-state index contributed by atoms with van der Waals surface area (Å²) in [6.45, 7) is 8.01. The molecule has 3 nitrogen and oxygen atoms in total. The van der Waals surface area contributed by atoms with Gasteiger partial charge in [0.25, 0.3) is 0 Å². The molecule has 4 heteroatoms. The van der Waals surface area contributed by atoms with E-state index >= 15 is 0 Å². The fraction of sp³-hybridized carbons (Fsp3) is 0.583. The van der Waals surface area contributed by atoms with Gasteiger partial charge < -0.3 is 10.1 Å². The Bertz CT molecular complexity index is 318.